The molecule has 10 rings (SSSR count). The van der Waals surface area contributed by atoms with Gasteiger partial charge in [-0.3, -0.25) is 4.98 Å². The fourth-order valence-corrected chi connectivity index (χ4v) is 7.45. The lowest BCUT2D eigenvalue weighted by atomic mass is 10.00. The molecule has 0 unspecified atom stereocenters. The molecule has 0 spiro atoms. The van der Waals surface area contributed by atoms with Gasteiger partial charge in [-0.1, -0.05) is 133 Å². The quantitative estimate of drug-likeness (QED) is 0.167. The van der Waals surface area contributed by atoms with Crippen molar-refractivity contribution in [1.29, 1.82) is 0 Å². The van der Waals surface area contributed by atoms with Gasteiger partial charge in [0.2, 0.25) is 0 Å². The minimum atomic E-state index is 0.795. The molecule has 0 radical (unpaired) electrons. The van der Waals surface area contributed by atoms with E-state index in [-0.39, 0.29) is 0 Å². The number of furan rings is 1. The summed E-state index contributed by atoms with van der Waals surface area (Å²) in [7, 11) is 0. The van der Waals surface area contributed by atoms with Crippen molar-refractivity contribution in [3.63, 3.8) is 0 Å². The van der Waals surface area contributed by atoms with Crippen LogP contribution in [0, 0.1) is 0 Å². The molecule has 0 aliphatic rings. The van der Waals surface area contributed by atoms with E-state index < -0.39 is 0 Å². The predicted octanol–water partition coefficient (Wildman–Crippen LogP) is 14.3. The van der Waals surface area contributed by atoms with E-state index in [0.717, 1.165) is 50.5 Å². The van der Waals surface area contributed by atoms with Crippen molar-refractivity contribution < 1.29 is 4.42 Å². The molecule has 0 aliphatic carbocycles. The monoisotopic (exact) mass is 690 g/mol. The third-order valence-corrected chi connectivity index (χ3v) is 10.4. The van der Waals surface area contributed by atoms with Crippen LogP contribution in [0.15, 0.2) is 211 Å². The summed E-state index contributed by atoms with van der Waals surface area (Å²) in [5.74, 6) is 0.841. The summed E-state index contributed by atoms with van der Waals surface area (Å²) in [6.45, 7) is 0. The summed E-state index contributed by atoms with van der Waals surface area (Å²) in [6.07, 6.45) is 3.55. The molecule has 10 aromatic rings. The molecule has 8 aromatic carbocycles. The van der Waals surface area contributed by atoms with Crippen molar-refractivity contribution in [2.45, 2.75) is 0 Å². The highest BCUT2D eigenvalue weighted by Gasteiger charge is 2.15. The lowest BCUT2D eigenvalue weighted by molar-refractivity contribution is 0.630. The molecule has 54 heavy (non-hydrogen) atoms. The van der Waals surface area contributed by atoms with E-state index in [1.165, 1.54) is 43.8 Å². The van der Waals surface area contributed by atoms with Gasteiger partial charge in [0.1, 0.15) is 5.76 Å². The van der Waals surface area contributed by atoms with Gasteiger partial charge in [-0.25, -0.2) is 0 Å². The van der Waals surface area contributed by atoms with E-state index in [4.69, 9.17) is 4.42 Å². The van der Waals surface area contributed by atoms with Crippen LogP contribution in [0.2, 0.25) is 0 Å². The van der Waals surface area contributed by atoms with Gasteiger partial charge < -0.3 is 9.32 Å². The predicted molar refractivity (Wildman–Crippen MR) is 225 cm³/mol. The van der Waals surface area contributed by atoms with Gasteiger partial charge in [0.05, 0.1) is 6.20 Å². The first kappa shape index (κ1) is 31.5. The van der Waals surface area contributed by atoms with Crippen molar-refractivity contribution in [2.75, 3.05) is 4.90 Å². The first-order valence-electron chi connectivity index (χ1n) is 18.2. The second kappa shape index (κ2) is 13.4. The molecule has 0 saturated heterocycles. The Morgan fingerprint density at radius 3 is 1.22 bits per heavy atom. The highest BCUT2D eigenvalue weighted by atomic mass is 16.3. The van der Waals surface area contributed by atoms with E-state index in [1.807, 2.05) is 6.07 Å². The summed E-state index contributed by atoms with van der Waals surface area (Å²) in [5, 5.41) is 6.04. The fourth-order valence-electron chi connectivity index (χ4n) is 7.45. The molecular formula is C51H34N2O. The Balaban J connectivity index is 0.980. The summed E-state index contributed by atoms with van der Waals surface area (Å²) in [6, 6.07) is 69.6. The van der Waals surface area contributed by atoms with E-state index in [2.05, 4.69) is 198 Å². The molecule has 0 aliphatic heterocycles. The van der Waals surface area contributed by atoms with Crippen LogP contribution < -0.4 is 4.90 Å². The van der Waals surface area contributed by atoms with E-state index >= 15 is 0 Å². The number of hydrogen-bond acceptors (Lipinski definition) is 3. The zero-order valence-electron chi connectivity index (χ0n) is 29.4. The third-order valence-electron chi connectivity index (χ3n) is 10.4. The van der Waals surface area contributed by atoms with Crippen LogP contribution in [-0.4, -0.2) is 4.98 Å². The minimum Gasteiger partial charge on any atom is -0.454 e. The highest BCUT2D eigenvalue weighted by molar-refractivity contribution is 5.90. The first-order chi connectivity index (χ1) is 26.7. The molecule has 0 atom stereocenters. The molecule has 254 valence electrons. The van der Waals surface area contributed by atoms with Crippen LogP contribution in [0.5, 0.6) is 0 Å². The standard InChI is InChI=1S/C51H34N2O/c1-3-7-42-31-44(15-11-35(42)5-1)39-19-25-48(26-20-39)53(49-27-21-40(22-28-49)45-16-12-36-6-2-4-8-43(36)32-45)47-23-17-38(18-24-47)37-9-13-41(14-10-37)50-33-46-29-30-52-34-51(46)54-50/h1-34H. The normalized spacial score (nSPS) is 11.3. The number of pyridine rings is 1. The maximum Gasteiger partial charge on any atom is 0.153 e. The second-order valence-corrected chi connectivity index (χ2v) is 13.7. The Hall–Kier alpha value is -7.23. The largest absolute Gasteiger partial charge is 0.454 e. The molecular weight excluding hydrogens is 657 g/mol. The summed E-state index contributed by atoms with van der Waals surface area (Å²) >= 11 is 0. The van der Waals surface area contributed by atoms with Crippen molar-refractivity contribution >= 4 is 49.6 Å². The smallest absolute Gasteiger partial charge is 0.153 e. The molecule has 3 heteroatoms. The average molecular weight is 691 g/mol. The highest BCUT2D eigenvalue weighted by Crippen LogP contribution is 2.38. The van der Waals surface area contributed by atoms with Gasteiger partial charge >= 0.3 is 0 Å². The summed E-state index contributed by atoms with van der Waals surface area (Å²) < 4.78 is 6.06. The molecule has 2 heterocycles. The lowest BCUT2D eigenvalue weighted by Crippen LogP contribution is -2.09. The second-order valence-electron chi connectivity index (χ2n) is 13.7. The lowest BCUT2D eigenvalue weighted by Gasteiger charge is -2.26. The Kier molecular flexibility index (Phi) is 7.81. The van der Waals surface area contributed by atoms with Crippen LogP contribution in [-0.2, 0) is 0 Å². The first-order valence-corrected chi connectivity index (χ1v) is 18.2. The summed E-state index contributed by atoms with van der Waals surface area (Å²) in [5.41, 5.74) is 12.2. The molecule has 0 amide bonds. The number of hydrogen-bond donors (Lipinski definition) is 0. The zero-order valence-corrected chi connectivity index (χ0v) is 29.4. The molecule has 0 fully saturated rings. The van der Waals surface area contributed by atoms with Crippen molar-refractivity contribution in [3.8, 4) is 44.7 Å². The number of aromatic nitrogens is 1. The van der Waals surface area contributed by atoms with Gasteiger partial charge in [0, 0.05) is 34.2 Å². The molecule has 0 N–H and O–H groups in total. The van der Waals surface area contributed by atoms with Crippen LogP contribution >= 0.6 is 0 Å². The van der Waals surface area contributed by atoms with Gasteiger partial charge in [0.15, 0.2) is 5.58 Å². The van der Waals surface area contributed by atoms with Crippen molar-refractivity contribution in [2.24, 2.45) is 0 Å². The minimum absolute atomic E-state index is 0.795. The zero-order chi connectivity index (χ0) is 35.8. The van der Waals surface area contributed by atoms with E-state index in [1.54, 1.807) is 12.4 Å². The van der Waals surface area contributed by atoms with Crippen molar-refractivity contribution in [3.05, 3.63) is 207 Å². The Morgan fingerprint density at radius 2 is 0.741 bits per heavy atom. The maximum atomic E-state index is 6.06. The summed E-state index contributed by atoms with van der Waals surface area (Å²) in [4.78, 5) is 6.52. The van der Waals surface area contributed by atoms with Gasteiger partial charge in [-0.15, -0.1) is 0 Å². The third kappa shape index (κ3) is 5.98. The van der Waals surface area contributed by atoms with E-state index in [9.17, 15) is 0 Å². The Bertz CT molecular complexity index is 2750. The molecule has 2 aromatic heterocycles. The number of fused-ring (bicyclic) bond motifs is 3. The average Bonchev–Trinajstić information content (AvgIpc) is 3.69. The topological polar surface area (TPSA) is 29.3 Å². The Labute approximate surface area is 314 Å². The van der Waals surface area contributed by atoms with Crippen LogP contribution in [0.1, 0.15) is 0 Å². The van der Waals surface area contributed by atoms with Crippen LogP contribution in [0.25, 0.3) is 77.2 Å². The van der Waals surface area contributed by atoms with Crippen LogP contribution in [0.4, 0.5) is 17.1 Å². The fraction of sp³-hybridized carbons (Fsp3) is 0. The number of benzene rings is 8. The van der Waals surface area contributed by atoms with Gasteiger partial charge in [-0.2, -0.15) is 0 Å². The molecule has 0 bridgehead atoms. The molecule has 0 saturated carbocycles. The van der Waals surface area contributed by atoms with Gasteiger partial charge in [0.25, 0.3) is 0 Å². The maximum absolute atomic E-state index is 6.06. The van der Waals surface area contributed by atoms with Crippen molar-refractivity contribution in [1.82, 2.24) is 4.98 Å². The van der Waals surface area contributed by atoms with Gasteiger partial charge in [-0.05, 0) is 116 Å². The molecule has 3 nitrogen and oxygen atoms in total. The number of rotatable bonds is 7. The Morgan fingerprint density at radius 1 is 0.333 bits per heavy atom. The van der Waals surface area contributed by atoms with Crippen LogP contribution in [0.3, 0.4) is 0 Å². The SMILES string of the molecule is c1ccc2cc(-c3ccc(N(c4ccc(-c5ccc(-c6cc7ccncc7o6)cc5)cc4)c4ccc(-c5ccc6ccccc6c5)cc4)cc3)ccc2c1. The van der Waals surface area contributed by atoms with E-state index in [0.29, 0.717) is 0 Å². The number of nitrogens with zero attached hydrogens (tertiary/aromatic N) is 2. The number of anilines is 3.